The molecule has 0 amide bonds. The van der Waals surface area contributed by atoms with E-state index in [4.69, 9.17) is 14.8 Å². The molecule has 1 aliphatic heterocycles. The van der Waals surface area contributed by atoms with Crippen LogP contribution in [0, 0.1) is 6.92 Å². The highest BCUT2D eigenvalue weighted by Crippen LogP contribution is 2.41. The van der Waals surface area contributed by atoms with Gasteiger partial charge >= 0.3 is 0 Å². The van der Waals surface area contributed by atoms with Crippen LogP contribution in [-0.2, 0) is 6.42 Å². The van der Waals surface area contributed by atoms with Gasteiger partial charge < -0.3 is 4.74 Å². The van der Waals surface area contributed by atoms with Crippen LogP contribution in [0.2, 0.25) is 0 Å². The van der Waals surface area contributed by atoms with E-state index < -0.39 is 0 Å². The monoisotopic (exact) mass is 318 g/mol. The second kappa shape index (κ2) is 5.16. The fourth-order valence-corrected chi connectivity index (χ4v) is 3.24. The Morgan fingerprint density at radius 2 is 2.04 bits per heavy atom. The Balaban J connectivity index is 1.58. The molecule has 0 radical (unpaired) electrons. The summed E-state index contributed by atoms with van der Waals surface area (Å²) >= 11 is 0. The first-order valence-electron chi connectivity index (χ1n) is 8.42. The van der Waals surface area contributed by atoms with Crippen molar-refractivity contribution in [2.45, 2.75) is 38.2 Å². The summed E-state index contributed by atoms with van der Waals surface area (Å²) in [5.41, 5.74) is 3.20. The van der Waals surface area contributed by atoms with Gasteiger partial charge in [-0.2, -0.15) is 5.10 Å². The lowest BCUT2D eigenvalue weighted by molar-refractivity contribution is 0.224. The van der Waals surface area contributed by atoms with Gasteiger partial charge in [0, 0.05) is 24.2 Å². The number of fused-ring (bicyclic) bond motifs is 1. The van der Waals surface area contributed by atoms with E-state index in [0.717, 1.165) is 35.2 Å². The summed E-state index contributed by atoms with van der Waals surface area (Å²) in [7, 11) is 0. The minimum Gasteiger partial charge on any atom is -0.482 e. The first kappa shape index (κ1) is 13.7. The topological polar surface area (TPSA) is 52.8 Å². The standard InChI is InChI=1S/C19H18N4O/c1-12-10-15(8-9-20-12)23-19(21-18(22-23)13-6-7-13)17-11-14-4-2-3-5-16(14)24-17/h2-5,8-10,13,17H,6-7,11H2,1H3/t17-/m0/s1. The first-order chi connectivity index (χ1) is 11.8. The lowest BCUT2D eigenvalue weighted by Crippen LogP contribution is -2.12. The summed E-state index contributed by atoms with van der Waals surface area (Å²) in [6.07, 6.45) is 4.94. The summed E-state index contributed by atoms with van der Waals surface area (Å²) in [6.45, 7) is 1.99. The Kier molecular flexibility index (Phi) is 2.95. The predicted molar refractivity (Wildman–Crippen MR) is 89.4 cm³/mol. The average molecular weight is 318 g/mol. The third-order valence-corrected chi connectivity index (χ3v) is 4.65. The summed E-state index contributed by atoms with van der Waals surface area (Å²) in [6, 6.07) is 12.2. The Labute approximate surface area is 140 Å². The lowest BCUT2D eigenvalue weighted by atomic mass is 10.1. The van der Waals surface area contributed by atoms with Crippen LogP contribution < -0.4 is 4.74 Å². The summed E-state index contributed by atoms with van der Waals surface area (Å²) in [4.78, 5) is 9.14. The number of para-hydroxylation sites is 1. The van der Waals surface area contributed by atoms with Crippen molar-refractivity contribution in [3.05, 3.63) is 65.5 Å². The maximum atomic E-state index is 6.16. The number of aryl methyl sites for hydroxylation is 1. The molecule has 5 nitrogen and oxygen atoms in total. The molecule has 5 heteroatoms. The van der Waals surface area contributed by atoms with Gasteiger partial charge in [0.15, 0.2) is 17.8 Å². The van der Waals surface area contributed by atoms with E-state index in [-0.39, 0.29) is 6.10 Å². The van der Waals surface area contributed by atoms with Gasteiger partial charge in [0.1, 0.15) is 5.75 Å². The Hall–Kier alpha value is -2.69. The minimum absolute atomic E-state index is 0.0872. The van der Waals surface area contributed by atoms with Gasteiger partial charge in [-0.15, -0.1) is 0 Å². The zero-order chi connectivity index (χ0) is 16.1. The van der Waals surface area contributed by atoms with Gasteiger partial charge in [0.05, 0.1) is 5.69 Å². The van der Waals surface area contributed by atoms with E-state index >= 15 is 0 Å². The summed E-state index contributed by atoms with van der Waals surface area (Å²) < 4.78 is 8.10. The molecule has 24 heavy (non-hydrogen) atoms. The van der Waals surface area contributed by atoms with Crippen molar-refractivity contribution in [3.8, 4) is 11.4 Å². The van der Waals surface area contributed by atoms with Crippen LogP contribution in [0.15, 0.2) is 42.6 Å². The number of hydrogen-bond acceptors (Lipinski definition) is 4. The molecule has 2 aliphatic rings. The molecule has 0 N–H and O–H groups in total. The number of rotatable bonds is 3. The van der Waals surface area contributed by atoms with E-state index in [1.165, 1.54) is 18.4 Å². The highest BCUT2D eigenvalue weighted by molar-refractivity contribution is 5.39. The largest absolute Gasteiger partial charge is 0.482 e. The van der Waals surface area contributed by atoms with Crippen LogP contribution in [0.3, 0.4) is 0 Å². The predicted octanol–water partition coefficient (Wildman–Crippen LogP) is 3.52. The van der Waals surface area contributed by atoms with E-state index in [1.807, 2.05) is 42.1 Å². The van der Waals surface area contributed by atoms with E-state index in [0.29, 0.717) is 5.92 Å². The average Bonchev–Trinajstić information content (AvgIpc) is 3.20. The molecule has 2 aromatic heterocycles. The zero-order valence-corrected chi connectivity index (χ0v) is 13.5. The van der Waals surface area contributed by atoms with Gasteiger partial charge in [-0.3, -0.25) is 4.98 Å². The van der Waals surface area contributed by atoms with E-state index in [9.17, 15) is 0 Å². The molecule has 1 fully saturated rings. The third-order valence-electron chi connectivity index (χ3n) is 4.65. The van der Waals surface area contributed by atoms with Crippen LogP contribution >= 0.6 is 0 Å². The van der Waals surface area contributed by atoms with Crippen LogP contribution in [0.25, 0.3) is 5.69 Å². The number of benzene rings is 1. The Morgan fingerprint density at radius 1 is 1.17 bits per heavy atom. The van der Waals surface area contributed by atoms with Gasteiger partial charge in [-0.05, 0) is 43.5 Å². The normalized spacial score (nSPS) is 19.1. The molecule has 0 spiro atoms. The molecule has 1 aliphatic carbocycles. The number of nitrogens with zero attached hydrogens (tertiary/aromatic N) is 4. The van der Waals surface area contributed by atoms with Gasteiger partial charge in [0.25, 0.3) is 0 Å². The van der Waals surface area contributed by atoms with Crippen molar-refractivity contribution >= 4 is 0 Å². The molecule has 0 unspecified atom stereocenters. The highest BCUT2D eigenvalue weighted by atomic mass is 16.5. The zero-order valence-electron chi connectivity index (χ0n) is 13.5. The third kappa shape index (κ3) is 2.28. The SMILES string of the molecule is Cc1cc(-n2nc(C3CC3)nc2[C@@H]2Cc3ccccc3O2)ccn1. The van der Waals surface area contributed by atoms with Crippen molar-refractivity contribution < 1.29 is 4.74 Å². The molecule has 3 aromatic rings. The van der Waals surface area contributed by atoms with E-state index in [1.54, 1.807) is 0 Å². The molecule has 1 saturated carbocycles. The highest BCUT2D eigenvalue weighted by Gasteiger charge is 2.34. The van der Waals surface area contributed by atoms with E-state index in [2.05, 4.69) is 17.1 Å². The fraction of sp³-hybridized carbons (Fsp3) is 0.316. The van der Waals surface area contributed by atoms with Crippen LogP contribution in [-0.4, -0.2) is 19.7 Å². The molecule has 3 heterocycles. The molecular formula is C19H18N4O. The molecule has 1 atom stereocenters. The Morgan fingerprint density at radius 3 is 2.83 bits per heavy atom. The maximum absolute atomic E-state index is 6.16. The molecular weight excluding hydrogens is 300 g/mol. The molecule has 1 aromatic carbocycles. The lowest BCUT2D eigenvalue weighted by Gasteiger charge is -2.12. The second-order valence-corrected chi connectivity index (χ2v) is 6.59. The maximum Gasteiger partial charge on any atom is 0.173 e. The number of ether oxygens (including phenoxy) is 1. The number of pyridine rings is 1. The van der Waals surface area contributed by atoms with Crippen molar-refractivity contribution in [1.82, 2.24) is 19.7 Å². The van der Waals surface area contributed by atoms with Crippen LogP contribution in [0.4, 0.5) is 0 Å². The number of aromatic nitrogens is 4. The van der Waals surface area contributed by atoms with Gasteiger partial charge in [-0.25, -0.2) is 9.67 Å². The van der Waals surface area contributed by atoms with Crippen molar-refractivity contribution in [3.63, 3.8) is 0 Å². The van der Waals surface area contributed by atoms with Crippen molar-refractivity contribution in [1.29, 1.82) is 0 Å². The van der Waals surface area contributed by atoms with Gasteiger partial charge in [-0.1, -0.05) is 18.2 Å². The van der Waals surface area contributed by atoms with Crippen LogP contribution in [0.5, 0.6) is 5.75 Å². The van der Waals surface area contributed by atoms with Crippen LogP contribution in [0.1, 0.15) is 47.8 Å². The summed E-state index contributed by atoms with van der Waals surface area (Å²) in [5.74, 6) is 3.30. The fourth-order valence-electron chi connectivity index (χ4n) is 3.24. The molecule has 5 rings (SSSR count). The van der Waals surface area contributed by atoms with Crippen molar-refractivity contribution in [2.75, 3.05) is 0 Å². The quantitative estimate of drug-likeness (QED) is 0.741. The first-order valence-corrected chi connectivity index (χ1v) is 8.42. The smallest absolute Gasteiger partial charge is 0.173 e. The van der Waals surface area contributed by atoms with Crippen molar-refractivity contribution in [2.24, 2.45) is 0 Å². The minimum atomic E-state index is -0.0872. The number of hydrogen-bond donors (Lipinski definition) is 0. The molecule has 0 bridgehead atoms. The summed E-state index contributed by atoms with van der Waals surface area (Å²) in [5, 5.41) is 4.79. The second-order valence-electron chi connectivity index (χ2n) is 6.59. The molecule has 0 saturated heterocycles. The van der Waals surface area contributed by atoms with Gasteiger partial charge in [0.2, 0.25) is 0 Å². The Bertz CT molecular complexity index is 888. The molecule has 120 valence electrons.